The molecule has 310 valence electrons. The van der Waals surface area contributed by atoms with Crippen LogP contribution in [-0.4, -0.2) is 55.2 Å². The SMILES string of the molecule is CC1CCC(=NC2CCCCC2)CC1.CC1CCC(=O)C(CCc2ccccc2CCC2CC(C)CCC2=O)C1.ICCc1ccccc1CCI.[Br-].[CH2-]C.[Mg+2]. The van der Waals surface area contributed by atoms with Crippen molar-refractivity contribution in [3.8, 4) is 0 Å². The third-order valence-electron chi connectivity index (χ3n) is 12.3. The summed E-state index contributed by atoms with van der Waals surface area (Å²) in [5, 5.41) is 0. The van der Waals surface area contributed by atoms with E-state index in [0.717, 1.165) is 70.1 Å². The van der Waals surface area contributed by atoms with Crippen molar-refractivity contribution in [3.05, 3.63) is 77.7 Å². The standard InChI is InChI=1S/C24H34O2.C13H23N.C10H12I2.C2H5.BrH.Mg/c1-17-7-13-23(25)21(15-17)11-9-19-5-3-4-6-20(19)10-12-22-16-18(2)8-14-24(22)26;1-11-7-9-13(10-8-11)14-12-5-3-2-4-6-12;11-7-5-9-3-1-2-4-10(9)6-8-12;1-2;;/h3-6,17-18,21-22H,7-16H2,1-2H3;11-12H,2-10H2,1H3;1-4H,5-8H2;1H2,2H3;1H;/q;;;-1;;+2/p-1. The number of hydrogen-bond acceptors (Lipinski definition) is 3. The molecule has 56 heavy (non-hydrogen) atoms. The molecule has 0 spiro atoms. The van der Waals surface area contributed by atoms with Crippen LogP contribution in [0.2, 0.25) is 0 Å². The fourth-order valence-corrected chi connectivity index (χ4v) is 10.0. The second kappa shape index (κ2) is 31.9. The van der Waals surface area contributed by atoms with E-state index in [1.807, 2.05) is 0 Å². The fourth-order valence-electron chi connectivity index (χ4n) is 8.86. The number of Topliss-reactive ketones (excluding diaryl/α,β-unsaturated/α-hetero) is 2. The third kappa shape index (κ3) is 20.6. The smallest absolute Gasteiger partial charge is 1.00 e. The van der Waals surface area contributed by atoms with E-state index in [2.05, 4.69) is 121 Å². The summed E-state index contributed by atoms with van der Waals surface area (Å²) in [6.07, 6.45) is 24.5. The minimum Gasteiger partial charge on any atom is -1.00 e. The van der Waals surface area contributed by atoms with Crippen molar-refractivity contribution in [1.82, 2.24) is 0 Å². The molecule has 2 aromatic rings. The number of carbonyl (C=O) groups is 2. The minimum atomic E-state index is 0. The Balaban J connectivity index is 0.000000443. The molecule has 4 fully saturated rings. The zero-order chi connectivity index (χ0) is 39.1. The van der Waals surface area contributed by atoms with Gasteiger partial charge in [-0.3, -0.25) is 14.6 Å². The van der Waals surface area contributed by atoms with Crippen molar-refractivity contribution in [1.29, 1.82) is 0 Å². The summed E-state index contributed by atoms with van der Waals surface area (Å²) in [5.41, 5.74) is 7.37. The van der Waals surface area contributed by atoms with Crippen molar-refractivity contribution in [2.24, 2.45) is 34.6 Å². The summed E-state index contributed by atoms with van der Waals surface area (Å²) in [5.74, 6) is 3.78. The second-order valence-electron chi connectivity index (χ2n) is 16.7. The average molecular weight is 1070 g/mol. The summed E-state index contributed by atoms with van der Waals surface area (Å²) in [4.78, 5) is 29.4. The number of carbonyl (C=O) groups excluding carboxylic acids is 2. The van der Waals surface area contributed by atoms with E-state index < -0.39 is 0 Å². The van der Waals surface area contributed by atoms with E-state index in [9.17, 15) is 9.59 Å². The van der Waals surface area contributed by atoms with Crippen LogP contribution in [0.15, 0.2) is 53.5 Å². The largest absolute Gasteiger partial charge is 2.00 e. The molecular formula is C49H74BrI2MgNO2. The van der Waals surface area contributed by atoms with E-state index in [1.165, 1.54) is 107 Å². The van der Waals surface area contributed by atoms with Crippen molar-refractivity contribution in [2.45, 2.75) is 169 Å². The van der Waals surface area contributed by atoms with Crippen molar-refractivity contribution in [2.75, 3.05) is 8.86 Å². The molecule has 2 aromatic carbocycles. The predicted octanol–water partition coefficient (Wildman–Crippen LogP) is 10.6. The number of ketones is 2. The summed E-state index contributed by atoms with van der Waals surface area (Å²) in [6.45, 7) is 11.9. The topological polar surface area (TPSA) is 46.5 Å². The number of nitrogens with zero attached hydrogens (tertiary/aromatic N) is 1. The van der Waals surface area contributed by atoms with Gasteiger partial charge in [-0.15, -0.1) is 0 Å². The Morgan fingerprint density at radius 1 is 0.571 bits per heavy atom. The number of aryl methyl sites for hydroxylation is 4. The van der Waals surface area contributed by atoms with E-state index in [1.54, 1.807) is 6.92 Å². The van der Waals surface area contributed by atoms with Gasteiger partial charge in [0.05, 0.1) is 0 Å². The summed E-state index contributed by atoms with van der Waals surface area (Å²) < 4.78 is 2.44. The maximum Gasteiger partial charge on any atom is 2.00 e. The molecular weight excluding hydrogens is 993 g/mol. The molecule has 4 unspecified atom stereocenters. The van der Waals surface area contributed by atoms with Gasteiger partial charge in [-0.25, -0.2) is 0 Å². The maximum absolute atomic E-state index is 12.2. The molecule has 4 saturated carbocycles. The van der Waals surface area contributed by atoms with Crippen LogP contribution in [0.5, 0.6) is 0 Å². The first-order valence-corrected chi connectivity index (χ1v) is 24.9. The van der Waals surface area contributed by atoms with Crippen LogP contribution in [-0.2, 0) is 35.3 Å². The van der Waals surface area contributed by atoms with E-state index >= 15 is 0 Å². The van der Waals surface area contributed by atoms with Crippen molar-refractivity contribution >= 4 is 85.5 Å². The Morgan fingerprint density at radius 3 is 1.34 bits per heavy atom. The monoisotopic (exact) mass is 1070 g/mol. The van der Waals surface area contributed by atoms with E-state index in [0.29, 0.717) is 29.4 Å². The molecule has 4 aliphatic rings. The first kappa shape index (κ1) is 54.2. The molecule has 0 saturated heterocycles. The van der Waals surface area contributed by atoms with Crippen molar-refractivity contribution in [3.63, 3.8) is 0 Å². The van der Waals surface area contributed by atoms with Crippen LogP contribution in [0, 0.1) is 36.5 Å². The van der Waals surface area contributed by atoms with Crippen LogP contribution < -0.4 is 17.0 Å². The molecule has 4 aliphatic carbocycles. The van der Waals surface area contributed by atoms with Gasteiger partial charge in [0.25, 0.3) is 0 Å². The normalized spacial score (nSPS) is 23.7. The van der Waals surface area contributed by atoms with Gasteiger partial charge < -0.3 is 23.9 Å². The van der Waals surface area contributed by atoms with E-state index in [-0.39, 0.29) is 51.9 Å². The van der Waals surface area contributed by atoms with Crippen LogP contribution in [0.25, 0.3) is 0 Å². The summed E-state index contributed by atoms with van der Waals surface area (Å²) in [6, 6.07) is 18.1. The zero-order valence-electron chi connectivity index (χ0n) is 35.7. The molecule has 0 heterocycles. The maximum atomic E-state index is 12.2. The van der Waals surface area contributed by atoms with Crippen LogP contribution in [0.3, 0.4) is 0 Å². The number of benzene rings is 2. The van der Waals surface area contributed by atoms with Crippen LogP contribution in [0.1, 0.15) is 159 Å². The molecule has 3 nitrogen and oxygen atoms in total. The molecule has 0 aliphatic heterocycles. The fraction of sp³-hybridized carbons (Fsp3) is 0.673. The summed E-state index contributed by atoms with van der Waals surface area (Å²) >= 11 is 4.87. The van der Waals surface area contributed by atoms with E-state index in [4.69, 9.17) is 4.99 Å². The van der Waals surface area contributed by atoms with Crippen LogP contribution >= 0.6 is 45.2 Å². The molecule has 7 heteroatoms. The van der Waals surface area contributed by atoms with Gasteiger partial charge in [0, 0.05) is 45.3 Å². The number of rotatable bonds is 11. The first-order valence-electron chi connectivity index (χ1n) is 21.8. The molecule has 6 rings (SSSR count). The minimum absolute atomic E-state index is 0. The number of alkyl halides is 2. The van der Waals surface area contributed by atoms with Crippen molar-refractivity contribution < 1.29 is 26.6 Å². The zero-order valence-corrected chi connectivity index (χ0v) is 43.0. The quantitative estimate of drug-likeness (QED) is 0.0975. The summed E-state index contributed by atoms with van der Waals surface area (Å²) in [7, 11) is 0. The first-order chi connectivity index (χ1) is 26.2. The molecule has 0 radical (unpaired) electrons. The van der Waals surface area contributed by atoms with Gasteiger partial charge in [-0.05, 0) is 143 Å². The molecule has 0 aromatic heterocycles. The Morgan fingerprint density at radius 2 is 0.946 bits per heavy atom. The molecule has 4 atom stereocenters. The van der Waals surface area contributed by atoms with Gasteiger partial charge in [0.1, 0.15) is 11.6 Å². The number of halogens is 3. The molecule has 0 amide bonds. The Kier molecular flexibility index (Phi) is 30.9. The van der Waals surface area contributed by atoms with Gasteiger partial charge in [0.2, 0.25) is 0 Å². The van der Waals surface area contributed by atoms with Gasteiger partial charge in [-0.2, -0.15) is 6.92 Å². The Labute approximate surface area is 398 Å². The second-order valence-corrected chi connectivity index (χ2v) is 18.9. The van der Waals surface area contributed by atoms with Gasteiger partial charge in [0.15, 0.2) is 0 Å². The Hall–Kier alpha value is 0.156. The number of hydrogen-bond donors (Lipinski definition) is 0. The predicted molar refractivity (Wildman–Crippen MR) is 256 cm³/mol. The van der Waals surface area contributed by atoms with Crippen LogP contribution in [0.4, 0.5) is 0 Å². The number of aliphatic imine (C=N–C) groups is 1. The van der Waals surface area contributed by atoms with Gasteiger partial charge >= 0.3 is 23.1 Å². The Bertz CT molecular complexity index is 1310. The van der Waals surface area contributed by atoms with Gasteiger partial charge in [-0.1, -0.05) is 134 Å². The third-order valence-corrected chi connectivity index (χ3v) is 13.4. The average Bonchev–Trinajstić information content (AvgIpc) is 3.19. The molecule has 0 N–H and O–H groups in total. The molecule has 0 bridgehead atoms.